The van der Waals surface area contributed by atoms with Crippen molar-refractivity contribution in [3.05, 3.63) is 64.1 Å². The second kappa shape index (κ2) is 7.80. The first-order valence-electron chi connectivity index (χ1n) is 8.26. The molecule has 0 saturated heterocycles. The lowest BCUT2D eigenvalue weighted by Crippen LogP contribution is -2.26. The Morgan fingerprint density at radius 2 is 2.11 bits per heavy atom. The number of ketones is 1. The number of carbonyl (C=O) groups is 2. The first-order valence-corrected chi connectivity index (χ1v) is 8.64. The minimum atomic E-state index is -0.813. The quantitative estimate of drug-likeness (QED) is 0.558. The maximum Gasteiger partial charge on any atom is 0.347 e. The summed E-state index contributed by atoms with van der Waals surface area (Å²) in [4.78, 5) is 24.1. The van der Waals surface area contributed by atoms with E-state index in [-0.39, 0.29) is 28.7 Å². The van der Waals surface area contributed by atoms with Crippen molar-refractivity contribution in [1.29, 1.82) is 0 Å². The molecular formula is C20H16ClFO5. The lowest BCUT2D eigenvalue weighted by atomic mass is 10.1. The van der Waals surface area contributed by atoms with Crippen molar-refractivity contribution >= 4 is 29.4 Å². The van der Waals surface area contributed by atoms with Crippen molar-refractivity contribution in [2.45, 2.75) is 20.0 Å². The van der Waals surface area contributed by atoms with Crippen LogP contribution < -0.4 is 9.47 Å². The van der Waals surface area contributed by atoms with Gasteiger partial charge in [0, 0.05) is 11.6 Å². The fourth-order valence-corrected chi connectivity index (χ4v) is 2.75. The van der Waals surface area contributed by atoms with Crippen LogP contribution in [0.1, 0.15) is 29.8 Å². The van der Waals surface area contributed by atoms with Crippen LogP contribution in [0.15, 0.2) is 42.2 Å². The zero-order valence-electron chi connectivity index (χ0n) is 14.6. The first kappa shape index (κ1) is 18.9. The topological polar surface area (TPSA) is 61.8 Å². The number of fused-ring (bicyclic) bond motifs is 1. The average molecular weight is 391 g/mol. The molecule has 0 N–H and O–H groups in total. The molecule has 1 aliphatic rings. The zero-order chi connectivity index (χ0) is 19.6. The number of rotatable bonds is 5. The Morgan fingerprint density at radius 1 is 1.33 bits per heavy atom. The van der Waals surface area contributed by atoms with Crippen molar-refractivity contribution in [3.8, 4) is 11.5 Å². The fraction of sp³-hybridized carbons (Fsp3) is 0.200. The van der Waals surface area contributed by atoms with E-state index >= 15 is 0 Å². The summed E-state index contributed by atoms with van der Waals surface area (Å²) in [7, 11) is 0. The van der Waals surface area contributed by atoms with Gasteiger partial charge in [-0.15, -0.1) is 0 Å². The molecule has 0 saturated carbocycles. The largest absolute Gasteiger partial charge is 0.479 e. The molecule has 5 nitrogen and oxygen atoms in total. The Morgan fingerprint density at radius 3 is 2.81 bits per heavy atom. The second-order valence-electron chi connectivity index (χ2n) is 5.75. The summed E-state index contributed by atoms with van der Waals surface area (Å²) in [6.07, 6.45) is 0.453. The van der Waals surface area contributed by atoms with Gasteiger partial charge in [-0.2, -0.15) is 0 Å². The predicted octanol–water partition coefficient (Wildman–Crippen LogP) is 4.43. The maximum atomic E-state index is 13.9. The minimum absolute atomic E-state index is 0.0485. The second-order valence-corrected chi connectivity index (χ2v) is 6.15. The van der Waals surface area contributed by atoms with E-state index in [1.54, 1.807) is 19.9 Å². The number of hydrogen-bond acceptors (Lipinski definition) is 5. The van der Waals surface area contributed by atoms with E-state index in [0.717, 1.165) is 0 Å². The summed E-state index contributed by atoms with van der Waals surface area (Å²) in [6, 6.07) is 8.80. The van der Waals surface area contributed by atoms with Crippen LogP contribution in [0.3, 0.4) is 0 Å². The van der Waals surface area contributed by atoms with Crippen LogP contribution >= 0.6 is 11.6 Å². The van der Waals surface area contributed by atoms with Crippen LogP contribution in [-0.4, -0.2) is 24.5 Å². The van der Waals surface area contributed by atoms with Crippen LogP contribution in [0, 0.1) is 5.82 Å². The standard InChI is InChI=1S/C20H16ClFO5/c1-3-25-20(24)11(2)26-12-7-8-13-17(9-12)27-18(19(13)23)10-14-15(21)5-4-6-16(14)22/h4-11H,3H2,1-2H3/b18-10+/t11-/m0/s1. The summed E-state index contributed by atoms with van der Waals surface area (Å²) < 4.78 is 29.9. The van der Waals surface area contributed by atoms with Crippen molar-refractivity contribution < 1.29 is 28.2 Å². The van der Waals surface area contributed by atoms with Crippen molar-refractivity contribution in [1.82, 2.24) is 0 Å². The molecule has 7 heteroatoms. The molecular weight excluding hydrogens is 375 g/mol. The van der Waals surface area contributed by atoms with Crippen LogP contribution in [0.5, 0.6) is 11.5 Å². The number of Topliss-reactive ketones (excluding diaryl/α,β-unsaturated/α-hetero) is 1. The SMILES string of the molecule is CCOC(=O)[C@H](C)Oc1ccc2c(c1)O/C(=C/c1c(F)cccc1Cl)C2=O. The van der Waals surface area contributed by atoms with E-state index < -0.39 is 23.7 Å². The number of halogens is 2. The van der Waals surface area contributed by atoms with Gasteiger partial charge < -0.3 is 14.2 Å². The minimum Gasteiger partial charge on any atom is -0.479 e. The molecule has 140 valence electrons. The highest BCUT2D eigenvalue weighted by molar-refractivity contribution is 6.32. The highest BCUT2D eigenvalue weighted by atomic mass is 35.5. The first-order chi connectivity index (χ1) is 12.9. The van der Waals surface area contributed by atoms with E-state index in [1.165, 1.54) is 36.4 Å². The number of ether oxygens (including phenoxy) is 3. The van der Waals surface area contributed by atoms with Gasteiger partial charge in [-0.25, -0.2) is 9.18 Å². The molecule has 0 radical (unpaired) electrons. The summed E-state index contributed by atoms with van der Waals surface area (Å²) in [5.41, 5.74) is 0.382. The van der Waals surface area contributed by atoms with Gasteiger partial charge in [0.1, 0.15) is 17.3 Å². The van der Waals surface area contributed by atoms with Crippen LogP contribution in [0.25, 0.3) is 6.08 Å². The summed E-state index contributed by atoms with van der Waals surface area (Å²) >= 11 is 5.99. The smallest absolute Gasteiger partial charge is 0.347 e. The highest BCUT2D eigenvalue weighted by Crippen LogP contribution is 2.36. The van der Waals surface area contributed by atoms with Gasteiger partial charge in [-0.1, -0.05) is 17.7 Å². The average Bonchev–Trinajstić information content (AvgIpc) is 2.93. The molecule has 27 heavy (non-hydrogen) atoms. The lowest BCUT2D eigenvalue weighted by molar-refractivity contribution is -0.150. The normalized spacial score (nSPS) is 15.3. The van der Waals surface area contributed by atoms with Gasteiger partial charge in [-0.3, -0.25) is 4.79 Å². The van der Waals surface area contributed by atoms with Crippen LogP contribution in [-0.2, 0) is 9.53 Å². The molecule has 2 aromatic rings. The third kappa shape index (κ3) is 3.95. The third-order valence-electron chi connectivity index (χ3n) is 3.85. The van der Waals surface area contributed by atoms with Gasteiger partial charge in [0.15, 0.2) is 11.9 Å². The van der Waals surface area contributed by atoms with Crippen LogP contribution in [0.4, 0.5) is 4.39 Å². The number of esters is 1. The number of carbonyl (C=O) groups excluding carboxylic acids is 2. The van der Waals surface area contributed by atoms with E-state index in [4.69, 9.17) is 25.8 Å². The molecule has 0 aliphatic carbocycles. The highest BCUT2D eigenvalue weighted by Gasteiger charge is 2.29. The van der Waals surface area contributed by atoms with Gasteiger partial charge >= 0.3 is 5.97 Å². The van der Waals surface area contributed by atoms with Gasteiger partial charge in [0.25, 0.3) is 0 Å². The Labute approximate surface area is 160 Å². The Hall–Kier alpha value is -2.86. The molecule has 0 unspecified atom stereocenters. The molecule has 0 aromatic heterocycles. The predicted molar refractivity (Wildman–Crippen MR) is 97.5 cm³/mol. The van der Waals surface area contributed by atoms with Gasteiger partial charge in [-0.05, 0) is 44.2 Å². The number of benzene rings is 2. The fourth-order valence-electron chi connectivity index (χ4n) is 2.53. The molecule has 0 fully saturated rings. The maximum absolute atomic E-state index is 13.9. The van der Waals surface area contributed by atoms with E-state index in [9.17, 15) is 14.0 Å². The van der Waals surface area contributed by atoms with Crippen LogP contribution in [0.2, 0.25) is 5.02 Å². The van der Waals surface area contributed by atoms with Crippen molar-refractivity contribution in [2.75, 3.05) is 6.61 Å². The molecule has 0 bridgehead atoms. The molecule has 1 heterocycles. The number of hydrogen-bond donors (Lipinski definition) is 0. The summed E-state index contributed by atoms with van der Waals surface area (Å²) in [5, 5.41) is 0.169. The monoisotopic (exact) mass is 390 g/mol. The Balaban J connectivity index is 1.83. The molecule has 1 aliphatic heterocycles. The molecule has 0 amide bonds. The third-order valence-corrected chi connectivity index (χ3v) is 4.18. The zero-order valence-corrected chi connectivity index (χ0v) is 15.4. The number of allylic oxidation sites excluding steroid dienone is 1. The van der Waals surface area contributed by atoms with E-state index in [1.807, 2.05) is 0 Å². The van der Waals surface area contributed by atoms with E-state index in [0.29, 0.717) is 11.3 Å². The van der Waals surface area contributed by atoms with Gasteiger partial charge in [0.05, 0.1) is 17.2 Å². The Kier molecular flexibility index (Phi) is 5.46. The molecule has 1 atom stereocenters. The van der Waals surface area contributed by atoms with Gasteiger partial charge in [0.2, 0.25) is 5.78 Å². The molecule has 0 spiro atoms. The van der Waals surface area contributed by atoms with Crippen molar-refractivity contribution in [2.24, 2.45) is 0 Å². The molecule has 2 aromatic carbocycles. The lowest BCUT2D eigenvalue weighted by Gasteiger charge is -2.13. The Bertz CT molecular complexity index is 918. The van der Waals surface area contributed by atoms with Crippen molar-refractivity contribution in [3.63, 3.8) is 0 Å². The van der Waals surface area contributed by atoms with E-state index in [2.05, 4.69) is 0 Å². The summed E-state index contributed by atoms with van der Waals surface area (Å²) in [6.45, 7) is 3.51. The summed E-state index contributed by atoms with van der Waals surface area (Å²) in [5.74, 6) is -0.902. The molecule has 3 rings (SSSR count).